The Balaban J connectivity index is 2.28. The van der Waals surface area contributed by atoms with E-state index in [9.17, 15) is 5.11 Å². The number of benzene rings is 1. The number of aromatic nitrogens is 1. The fourth-order valence-electron chi connectivity index (χ4n) is 1.29. The van der Waals surface area contributed by atoms with Gasteiger partial charge in [0.25, 0.3) is 0 Å². The molecule has 1 aromatic carbocycles. The zero-order valence-corrected chi connectivity index (χ0v) is 10.0. The van der Waals surface area contributed by atoms with Gasteiger partial charge in [-0.1, -0.05) is 23.7 Å². The number of hydrogen-bond acceptors (Lipinski definition) is 4. The maximum atomic E-state index is 9.54. The number of aliphatic hydroxyl groups is 1. The predicted octanol–water partition coefficient (Wildman–Crippen LogP) is 2.46. The molecule has 1 unspecified atom stereocenters. The summed E-state index contributed by atoms with van der Waals surface area (Å²) in [5.74, 6) is 0. The lowest BCUT2D eigenvalue weighted by Gasteiger charge is -2.01. The van der Waals surface area contributed by atoms with Crippen LogP contribution in [-0.4, -0.2) is 16.6 Å². The Kier molecular flexibility index (Phi) is 3.56. The van der Waals surface area contributed by atoms with Crippen molar-refractivity contribution in [1.82, 2.24) is 4.98 Å². The van der Waals surface area contributed by atoms with Crippen molar-refractivity contribution in [3.8, 4) is 11.3 Å². The highest BCUT2D eigenvalue weighted by Gasteiger charge is 2.11. The molecule has 0 aliphatic heterocycles. The van der Waals surface area contributed by atoms with E-state index in [1.54, 1.807) is 0 Å². The molecule has 0 saturated heterocycles. The van der Waals surface area contributed by atoms with Gasteiger partial charge in [-0.25, -0.2) is 4.98 Å². The average molecular weight is 255 g/mol. The van der Waals surface area contributed by atoms with Crippen molar-refractivity contribution in [3.05, 3.63) is 39.7 Å². The van der Waals surface area contributed by atoms with Gasteiger partial charge in [0.2, 0.25) is 0 Å². The van der Waals surface area contributed by atoms with Gasteiger partial charge in [0, 0.05) is 22.5 Å². The molecule has 16 heavy (non-hydrogen) atoms. The fourth-order valence-corrected chi connectivity index (χ4v) is 2.25. The molecule has 1 aromatic heterocycles. The van der Waals surface area contributed by atoms with E-state index in [4.69, 9.17) is 17.3 Å². The summed E-state index contributed by atoms with van der Waals surface area (Å²) in [5, 5.41) is 12.8. The topological polar surface area (TPSA) is 59.1 Å². The Morgan fingerprint density at radius 2 is 2.06 bits per heavy atom. The van der Waals surface area contributed by atoms with E-state index in [1.807, 2.05) is 29.6 Å². The minimum Gasteiger partial charge on any atom is -0.385 e. The zero-order valence-electron chi connectivity index (χ0n) is 8.43. The van der Waals surface area contributed by atoms with Crippen LogP contribution in [0.15, 0.2) is 29.6 Å². The van der Waals surface area contributed by atoms with E-state index in [1.165, 1.54) is 11.3 Å². The van der Waals surface area contributed by atoms with Gasteiger partial charge in [0.1, 0.15) is 11.1 Å². The first kappa shape index (κ1) is 11.5. The van der Waals surface area contributed by atoms with Crippen LogP contribution in [0.4, 0.5) is 0 Å². The maximum Gasteiger partial charge on any atom is 0.123 e. The van der Waals surface area contributed by atoms with Gasteiger partial charge in [-0.3, -0.25) is 0 Å². The van der Waals surface area contributed by atoms with E-state index in [0.29, 0.717) is 10.0 Å². The molecule has 84 valence electrons. The summed E-state index contributed by atoms with van der Waals surface area (Å²) in [6.07, 6.45) is -0.675. The van der Waals surface area contributed by atoms with Crippen LogP contribution in [0, 0.1) is 0 Å². The second-order valence-corrected chi connectivity index (χ2v) is 4.66. The van der Waals surface area contributed by atoms with Crippen molar-refractivity contribution < 1.29 is 5.11 Å². The summed E-state index contributed by atoms with van der Waals surface area (Å²) < 4.78 is 0. The van der Waals surface area contributed by atoms with Crippen molar-refractivity contribution in [1.29, 1.82) is 0 Å². The molecule has 5 heteroatoms. The molecule has 0 radical (unpaired) electrons. The lowest BCUT2D eigenvalue weighted by molar-refractivity contribution is 0.186. The second kappa shape index (κ2) is 4.93. The van der Waals surface area contributed by atoms with Crippen LogP contribution in [0.25, 0.3) is 11.3 Å². The van der Waals surface area contributed by atoms with Crippen LogP contribution >= 0.6 is 22.9 Å². The van der Waals surface area contributed by atoms with Gasteiger partial charge in [-0.2, -0.15) is 0 Å². The second-order valence-electron chi connectivity index (χ2n) is 3.33. The lowest BCUT2D eigenvalue weighted by Crippen LogP contribution is -2.10. The highest BCUT2D eigenvalue weighted by molar-refractivity contribution is 7.10. The molecule has 0 bridgehead atoms. The van der Waals surface area contributed by atoms with Crippen LogP contribution < -0.4 is 5.73 Å². The van der Waals surface area contributed by atoms with Crippen LogP contribution in [-0.2, 0) is 0 Å². The summed E-state index contributed by atoms with van der Waals surface area (Å²) in [6.45, 7) is 0.188. The standard InChI is InChI=1S/C11H11ClN2OS/c12-8-3-1-7(2-4-8)9-6-16-11(14-9)10(15)5-13/h1-4,6,10,15H,5,13H2. The Labute approximate surface area is 103 Å². The number of rotatable bonds is 3. The Morgan fingerprint density at radius 3 is 2.69 bits per heavy atom. The average Bonchev–Trinajstić information content (AvgIpc) is 2.78. The monoisotopic (exact) mass is 254 g/mol. The molecule has 3 nitrogen and oxygen atoms in total. The van der Waals surface area contributed by atoms with Crippen molar-refractivity contribution in [2.75, 3.05) is 6.54 Å². The van der Waals surface area contributed by atoms with Crippen LogP contribution in [0.2, 0.25) is 5.02 Å². The van der Waals surface area contributed by atoms with Gasteiger partial charge in [-0.05, 0) is 12.1 Å². The van der Waals surface area contributed by atoms with E-state index in [2.05, 4.69) is 4.98 Å². The third-order valence-corrected chi connectivity index (χ3v) is 3.37. The number of halogens is 1. The van der Waals surface area contributed by atoms with E-state index in [0.717, 1.165) is 11.3 Å². The number of aliphatic hydroxyl groups excluding tert-OH is 1. The minimum atomic E-state index is -0.675. The van der Waals surface area contributed by atoms with Crippen LogP contribution in [0.3, 0.4) is 0 Å². The highest BCUT2D eigenvalue weighted by Crippen LogP contribution is 2.26. The van der Waals surface area contributed by atoms with Gasteiger partial charge in [0.05, 0.1) is 5.69 Å². The van der Waals surface area contributed by atoms with Gasteiger partial charge >= 0.3 is 0 Å². The molecule has 0 fully saturated rings. The quantitative estimate of drug-likeness (QED) is 0.885. The Bertz CT molecular complexity index is 469. The van der Waals surface area contributed by atoms with Crippen molar-refractivity contribution >= 4 is 22.9 Å². The van der Waals surface area contributed by atoms with Crippen molar-refractivity contribution in [2.45, 2.75) is 6.10 Å². The van der Waals surface area contributed by atoms with Gasteiger partial charge in [-0.15, -0.1) is 11.3 Å². The molecule has 1 heterocycles. The summed E-state index contributed by atoms with van der Waals surface area (Å²) >= 11 is 7.21. The molecule has 0 spiro atoms. The molecule has 1 atom stereocenters. The first-order valence-corrected chi connectivity index (χ1v) is 6.06. The third-order valence-electron chi connectivity index (χ3n) is 2.17. The molecule has 3 N–H and O–H groups in total. The largest absolute Gasteiger partial charge is 0.385 e. The summed E-state index contributed by atoms with van der Waals surface area (Å²) in [7, 11) is 0. The van der Waals surface area contributed by atoms with E-state index < -0.39 is 6.10 Å². The van der Waals surface area contributed by atoms with E-state index >= 15 is 0 Å². The predicted molar refractivity (Wildman–Crippen MR) is 66.6 cm³/mol. The van der Waals surface area contributed by atoms with E-state index in [-0.39, 0.29) is 6.54 Å². The highest BCUT2D eigenvalue weighted by atomic mass is 35.5. The summed E-state index contributed by atoms with van der Waals surface area (Å²) in [4.78, 5) is 4.33. The van der Waals surface area contributed by atoms with Crippen LogP contribution in [0.5, 0.6) is 0 Å². The molecule has 0 amide bonds. The number of hydrogen-bond donors (Lipinski definition) is 2. The fraction of sp³-hybridized carbons (Fsp3) is 0.182. The Hall–Kier alpha value is -0.940. The number of thiazole rings is 1. The Morgan fingerprint density at radius 1 is 1.38 bits per heavy atom. The first-order chi connectivity index (χ1) is 7.70. The number of nitrogens with two attached hydrogens (primary N) is 1. The van der Waals surface area contributed by atoms with Gasteiger partial charge < -0.3 is 10.8 Å². The SMILES string of the molecule is NCC(O)c1nc(-c2ccc(Cl)cc2)cs1. The molecule has 0 aliphatic carbocycles. The molecule has 0 aliphatic rings. The van der Waals surface area contributed by atoms with Crippen molar-refractivity contribution in [2.24, 2.45) is 5.73 Å². The first-order valence-electron chi connectivity index (χ1n) is 4.80. The summed E-state index contributed by atoms with van der Waals surface area (Å²) in [6, 6.07) is 7.43. The molecule has 0 saturated carbocycles. The molecule has 2 rings (SSSR count). The van der Waals surface area contributed by atoms with Crippen molar-refractivity contribution in [3.63, 3.8) is 0 Å². The lowest BCUT2D eigenvalue weighted by atomic mass is 10.2. The maximum absolute atomic E-state index is 9.54. The normalized spacial score (nSPS) is 12.7. The third kappa shape index (κ3) is 2.41. The molecule has 2 aromatic rings. The smallest absolute Gasteiger partial charge is 0.123 e. The van der Waals surface area contributed by atoms with Gasteiger partial charge in [0.15, 0.2) is 0 Å². The minimum absolute atomic E-state index is 0.188. The molecular weight excluding hydrogens is 244 g/mol. The summed E-state index contributed by atoms with van der Waals surface area (Å²) in [5.41, 5.74) is 7.19. The molecular formula is C11H11ClN2OS. The zero-order chi connectivity index (χ0) is 11.5. The van der Waals surface area contributed by atoms with Crippen LogP contribution in [0.1, 0.15) is 11.1 Å². The number of nitrogens with zero attached hydrogens (tertiary/aromatic N) is 1.